The molecule has 5 aliphatic carbocycles. The number of carbonyl (C=O) groups excluding carboxylic acids is 1. The molecule has 10 unspecified atom stereocenters. The summed E-state index contributed by atoms with van der Waals surface area (Å²) in [6, 6.07) is 1.84. The minimum absolute atomic E-state index is 0.159. The SMILES string of the molecule is CC(=COC(=O)Cn1cccn1)C1CCC2(C)CCC3C(CCC4C3(C)CCC3C(C)(C)C(ON5CCNCC5)CCC34C)C12. The van der Waals surface area contributed by atoms with Crippen molar-refractivity contribution in [3.05, 3.63) is 30.3 Å². The fourth-order valence-corrected chi connectivity index (χ4v) is 13.0. The van der Waals surface area contributed by atoms with Crippen molar-refractivity contribution >= 4 is 5.97 Å². The summed E-state index contributed by atoms with van der Waals surface area (Å²) >= 11 is 0. The topological polar surface area (TPSA) is 68.6 Å². The van der Waals surface area contributed by atoms with Gasteiger partial charge in [0, 0.05) is 38.6 Å². The van der Waals surface area contributed by atoms with E-state index in [4.69, 9.17) is 9.57 Å². The van der Waals surface area contributed by atoms with Crippen LogP contribution in [0.2, 0.25) is 0 Å². The van der Waals surface area contributed by atoms with Crippen molar-refractivity contribution in [2.45, 2.75) is 118 Å². The van der Waals surface area contributed by atoms with E-state index in [1.165, 1.54) is 69.8 Å². The summed E-state index contributed by atoms with van der Waals surface area (Å²) in [5, 5.41) is 9.90. The molecule has 5 saturated carbocycles. The van der Waals surface area contributed by atoms with E-state index in [1.807, 2.05) is 6.07 Å². The van der Waals surface area contributed by atoms with Crippen molar-refractivity contribution in [1.29, 1.82) is 0 Å². The summed E-state index contributed by atoms with van der Waals surface area (Å²) < 4.78 is 7.34. The van der Waals surface area contributed by atoms with E-state index in [-0.39, 0.29) is 17.9 Å². The van der Waals surface area contributed by atoms with E-state index in [1.54, 1.807) is 23.3 Å². The van der Waals surface area contributed by atoms with Crippen molar-refractivity contribution in [2.24, 2.45) is 57.2 Å². The summed E-state index contributed by atoms with van der Waals surface area (Å²) in [6.07, 6.45) is 18.9. The summed E-state index contributed by atoms with van der Waals surface area (Å²) in [5.74, 6) is 4.07. The van der Waals surface area contributed by atoms with Gasteiger partial charge in [-0.3, -0.25) is 9.52 Å². The zero-order valence-electron chi connectivity index (χ0n) is 29.0. The van der Waals surface area contributed by atoms with Gasteiger partial charge in [0.1, 0.15) is 6.54 Å². The third-order valence-corrected chi connectivity index (χ3v) is 15.1. The number of allylic oxidation sites excluding steroid dienone is 1. The molecule has 0 radical (unpaired) electrons. The Morgan fingerprint density at radius 1 is 0.933 bits per heavy atom. The largest absolute Gasteiger partial charge is 0.433 e. The highest BCUT2D eigenvalue weighted by Crippen LogP contribution is 2.73. The molecule has 1 aliphatic heterocycles. The number of rotatable bonds is 6. The Morgan fingerprint density at radius 3 is 2.44 bits per heavy atom. The maximum absolute atomic E-state index is 12.6. The van der Waals surface area contributed by atoms with Crippen LogP contribution in [0.5, 0.6) is 0 Å². The molecule has 250 valence electrons. The van der Waals surface area contributed by atoms with Crippen molar-refractivity contribution in [3.8, 4) is 0 Å². The van der Waals surface area contributed by atoms with Crippen molar-refractivity contribution < 1.29 is 14.4 Å². The number of nitrogens with one attached hydrogen (secondary N) is 1. The van der Waals surface area contributed by atoms with E-state index < -0.39 is 0 Å². The van der Waals surface area contributed by atoms with Gasteiger partial charge in [-0.05, 0) is 140 Å². The Morgan fingerprint density at radius 2 is 1.69 bits per heavy atom. The molecule has 6 fully saturated rings. The molecule has 1 aromatic rings. The molecule has 10 atom stereocenters. The molecule has 6 aliphatic rings. The molecule has 1 saturated heterocycles. The number of hydrogen-bond acceptors (Lipinski definition) is 6. The van der Waals surface area contributed by atoms with Crippen LogP contribution in [0.4, 0.5) is 0 Å². The summed E-state index contributed by atoms with van der Waals surface area (Å²) in [5.41, 5.74) is 2.67. The van der Waals surface area contributed by atoms with Crippen LogP contribution in [-0.2, 0) is 20.9 Å². The van der Waals surface area contributed by atoms with Crippen molar-refractivity contribution in [2.75, 3.05) is 26.2 Å². The molecule has 7 nitrogen and oxygen atoms in total. The lowest BCUT2D eigenvalue weighted by atomic mass is 9.36. The first kappa shape index (κ1) is 31.9. The number of piperazine rings is 1. The average molecular weight is 621 g/mol. The minimum atomic E-state index is -0.241. The maximum Gasteiger partial charge on any atom is 0.332 e. The van der Waals surface area contributed by atoms with Gasteiger partial charge in [0.15, 0.2) is 0 Å². The second-order valence-electron chi connectivity index (χ2n) is 17.6. The quantitative estimate of drug-likeness (QED) is 0.267. The summed E-state index contributed by atoms with van der Waals surface area (Å²) in [7, 11) is 0. The molecular weight excluding hydrogens is 560 g/mol. The first-order chi connectivity index (χ1) is 21.5. The molecule has 1 aromatic heterocycles. The minimum Gasteiger partial charge on any atom is -0.433 e. The van der Waals surface area contributed by atoms with E-state index in [0.29, 0.717) is 34.2 Å². The summed E-state index contributed by atoms with van der Waals surface area (Å²) in [4.78, 5) is 19.4. The van der Waals surface area contributed by atoms with Gasteiger partial charge in [0.25, 0.3) is 0 Å². The first-order valence-electron chi connectivity index (χ1n) is 18.4. The van der Waals surface area contributed by atoms with Gasteiger partial charge in [-0.2, -0.15) is 10.2 Å². The van der Waals surface area contributed by atoms with Crippen LogP contribution in [-0.4, -0.2) is 53.1 Å². The molecular formula is C38H60N4O3. The smallest absolute Gasteiger partial charge is 0.332 e. The fraction of sp³-hybridized carbons (Fsp3) is 0.842. The Balaban J connectivity index is 1.08. The highest BCUT2D eigenvalue weighted by atomic mass is 16.7. The third-order valence-electron chi connectivity index (χ3n) is 15.1. The maximum atomic E-state index is 12.6. The van der Waals surface area contributed by atoms with Crippen LogP contribution in [0.1, 0.15) is 106 Å². The van der Waals surface area contributed by atoms with Crippen molar-refractivity contribution in [3.63, 3.8) is 0 Å². The molecule has 7 rings (SSSR count). The lowest BCUT2D eigenvalue weighted by Gasteiger charge is -2.69. The van der Waals surface area contributed by atoms with Crippen LogP contribution < -0.4 is 5.32 Å². The third kappa shape index (κ3) is 5.35. The number of ether oxygens (including phenoxy) is 1. The molecule has 0 aromatic carbocycles. The average Bonchev–Trinajstić information content (AvgIpc) is 3.65. The number of esters is 1. The van der Waals surface area contributed by atoms with Crippen LogP contribution in [0.3, 0.4) is 0 Å². The number of nitrogens with zero attached hydrogens (tertiary/aromatic N) is 3. The molecule has 0 spiro atoms. The highest BCUT2D eigenvalue weighted by molar-refractivity contribution is 5.69. The second-order valence-corrected chi connectivity index (χ2v) is 17.6. The van der Waals surface area contributed by atoms with E-state index in [2.05, 4.69) is 57.0 Å². The van der Waals surface area contributed by atoms with E-state index >= 15 is 0 Å². The van der Waals surface area contributed by atoms with Gasteiger partial charge in [-0.15, -0.1) is 0 Å². The molecule has 0 amide bonds. The van der Waals surface area contributed by atoms with Crippen LogP contribution in [0.25, 0.3) is 0 Å². The lowest BCUT2D eigenvalue weighted by molar-refractivity contribution is -0.279. The number of carbonyl (C=O) groups is 1. The second kappa shape index (κ2) is 11.8. The van der Waals surface area contributed by atoms with Gasteiger partial charge in [-0.25, -0.2) is 4.79 Å². The van der Waals surface area contributed by atoms with E-state index in [9.17, 15) is 4.79 Å². The van der Waals surface area contributed by atoms with Gasteiger partial charge >= 0.3 is 5.97 Å². The molecule has 0 bridgehead atoms. The Hall–Kier alpha value is -1.70. The van der Waals surface area contributed by atoms with E-state index in [0.717, 1.165) is 49.9 Å². The highest BCUT2D eigenvalue weighted by Gasteiger charge is 2.67. The zero-order valence-corrected chi connectivity index (χ0v) is 29.0. The lowest BCUT2D eigenvalue weighted by Crippen LogP contribution is -2.64. The summed E-state index contributed by atoms with van der Waals surface area (Å²) in [6.45, 7) is 19.6. The standard InChI is InChI=1S/C38H60N4O3/c1-26(25-44-33(43)24-41-21-7-18-40-41)27-10-14-36(4)15-11-29-28(34(27)36)8-9-31-37(29,5)16-12-30-35(2,3)32(13-17-38(30,31)6)45-42-22-19-39-20-23-42/h7,18,21,25,27-32,34,39H,8-17,19-20,22-24H2,1-6H3. The molecule has 2 heterocycles. The molecule has 7 heteroatoms. The Bertz CT molecular complexity index is 1260. The number of fused-ring (bicyclic) bond motifs is 7. The Labute approximate surface area is 272 Å². The van der Waals surface area contributed by atoms with Gasteiger partial charge in [-0.1, -0.05) is 34.6 Å². The predicted octanol–water partition coefficient (Wildman–Crippen LogP) is 7.25. The number of hydroxylamine groups is 2. The Kier molecular flexibility index (Phi) is 8.34. The monoisotopic (exact) mass is 620 g/mol. The van der Waals surface area contributed by atoms with Crippen LogP contribution in [0, 0.1) is 57.2 Å². The van der Waals surface area contributed by atoms with Crippen LogP contribution in [0.15, 0.2) is 30.3 Å². The number of hydrogen-bond donors (Lipinski definition) is 1. The zero-order chi connectivity index (χ0) is 31.6. The first-order valence-corrected chi connectivity index (χ1v) is 18.4. The normalized spacial score (nSPS) is 44.8. The van der Waals surface area contributed by atoms with Crippen molar-refractivity contribution in [1.82, 2.24) is 20.2 Å². The van der Waals surface area contributed by atoms with Gasteiger partial charge in [0.2, 0.25) is 0 Å². The molecule has 1 N–H and O–H groups in total. The predicted molar refractivity (Wildman–Crippen MR) is 177 cm³/mol. The fourth-order valence-electron chi connectivity index (χ4n) is 13.0. The van der Waals surface area contributed by atoms with Crippen LogP contribution >= 0.6 is 0 Å². The number of aromatic nitrogens is 2. The van der Waals surface area contributed by atoms with Gasteiger partial charge in [0.05, 0.1) is 12.4 Å². The van der Waals surface area contributed by atoms with Gasteiger partial charge < -0.3 is 10.1 Å². The molecule has 45 heavy (non-hydrogen) atoms.